The van der Waals surface area contributed by atoms with Crippen LogP contribution in [0.3, 0.4) is 0 Å². The summed E-state index contributed by atoms with van der Waals surface area (Å²) in [4.78, 5) is 27.8. The monoisotopic (exact) mass is 463 g/mol. The molecule has 0 spiro atoms. The van der Waals surface area contributed by atoms with Gasteiger partial charge in [0.15, 0.2) is 0 Å². The molecule has 0 bridgehead atoms. The van der Waals surface area contributed by atoms with Crippen LogP contribution in [0.2, 0.25) is 0 Å². The van der Waals surface area contributed by atoms with Crippen LogP contribution in [0, 0.1) is 6.92 Å². The van der Waals surface area contributed by atoms with Crippen LogP contribution in [0.25, 0.3) is 0 Å². The van der Waals surface area contributed by atoms with Gasteiger partial charge in [0.2, 0.25) is 0 Å². The number of benzene rings is 3. The lowest BCUT2D eigenvalue weighted by molar-refractivity contribution is 0.0794. The highest BCUT2D eigenvalue weighted by atomic mass is 32.2. The number of anilines is 2. The zero-order chi connectivity index (χ0) is 23.4. The summed E-state index contributed by atoms with van der Waals surface area (Å²) in [6.07, 6.45) is 1.95. The average Bonchev–Trinajstić information content (AvgIpc) is 3.36. The van der Waals surface area contributed by atoms with Gasteiger partial charge in [-0.25, -0.2) is 8.42 Å². The number of carbonyl (C=O) groups excluding carboxylic acids is 2. The number of rotatable bonds is 6. The Morgan fingerprint density at radius 2 is 1.52 bits per heavy atom. The lowest BCUT2D eigenvalue weighted by Crippen LogP contribution is -2.28. The van der Waals surface area contributed by atoms with E-state index in [2.05, 4.69) is 10.0 Å². The molecule has 3 aromatic carbocycles. The van der Waals surface area contributed by atoms with Crippen molar-refractivity contribution in [3.05, 3.63) is 89.5 Å². The van der Waals surface area contributed by atoms with Gasteiger partial charge in [-0.1, -0.05) is 36.4 Å². The molecule has 170 valence electrons. The quantitative estimate of drug-likeness (QED) is 0.570. The maximum atomic E-state index is 13.0. The topological polar surface area (TPSA) is 95.6 Å². The fraction of sp³-hybridized carbons (Fsp3) is 0.200. The van der Waals surface area contributed by atoms with E-state index in [0.717, 1.165) is 12.8 Å². The lowest BCUT2D eigenvalue weighted by Gasteiger charge is -2.18. The normalized spacial score (nSPS) is 13.5. The van der Waals surface area contributed by atoms with Crippen molar-refractivity contribution >= 4 is 33.2 Å². The fourth-order valence-corrected chi connectivity index (χ4v) is 4.88. The molecule has 1 aliphatic heterocycles. The van der Waals surface area contributed by atoms with Crippen molar-refractivity contribution in [1.29, 1.82) is 0 Å². The third kappa shape index (κ3) is 5.06. The second-order valence-corrected chi connectivity index (χ2v) is 9.63. The molecule has 0 aromatic heterocycles. The molecule has 1 heterocycles. The number of hydrogen-bond donors (Lipinski definition) is 2. The predicted octanol–water partition coefficient (Wildman–Crippen LogP) is 4.28. The number of hydrogen-bond acceptors (Lipinski definition) is 4. The van der Waals surface area contributed by atoms with Crippen molar-refractivity contribution < 1.29 is 18.0 Å². The first kappa shape index (κ1) is 22.5. The Labute approximate surface area is 193 Å². The van der Waals surface area contributed by atoms with Gasteiger partial charge in [-0.05, 0) is 61.7 Å². The summed E-state index contributed by atoms with van der Waals surface area (Å²) in [5.74, 6) is -0.541. The maximum absolute atomic E-state index is 13.0. The van der Waals surface area contributed by atoms with E-state index in [1.165, 1.54) is 18.2 Å². The van der Waals surface area contributed by atoms with Gasteiger partial charge in [-0.15, -0.1) is 0 Å². The molecule has 0 atom stereocenters. The molecule has 2 amide bonds. The number of amides is 2. The Morgan fingerprint density at radius 3 is 2.24 bits per heavy atom. The smallest absolute Gasteiger partial charge is 0.261 e. The molecular weight excluding hydrogens is 438 g/mol. The molecule has 0 unspecified atom stereocenters. The summed E-state index contributed by atoms with van der Waals surface area (Å²) in [5, 5.41) is 2.81. The minimum absolute atomic E-state index is 0.108. The van der Waals surface area contributed by atoms with Crippen molar-refractivity contribution in [2.45, 2.75) is 24.7 Å². The van der Waals surface area contributed by atoms with E-state index < -0.39 is 15.9 Å². The average molecular weight is 464 g/mol. The maximum Gasteiger partial charge on any atom is 0.261 e. The first-order valence-electron chi connectivity index (χ1n) is 10.7. The molecule has 1 fully saturated rings. The Kier molecular flexibility index (Phi) is 6.46. The minimum Gasteiger partial charge on any atom is -0.339 e. The van der Waals surface area contributed by atoms with Gasteiger partial charge in [0.1, 0.15) is 0 Å². The van der Waals surface area contributed by atoms with Gasteiger partial charge in [0.25, 0.3) is 21.8 Å². The molecule has 1 aliphatic rings. The Morgan fingerprint density at radius 1 is 0.848 bits per heavy atom. The standard InChI is InChI=1S/C25H25N3O4S/c1-18-13-14-19(17-23(18)27-33(31,32)20-9-3-2-4-10-20)24(29)26-22-12-6-5-11-21(22)25(30)28-15-7-8-16-28/h2-6,9-14,17,27H,7-8,15-16H2,1H3,(H,26,29). The zero-order valence-corrected chi connectivity index (χ0v) is 19.1. The second kappa shape index (κ2) is 9.46. The number of likely N-dealkylation sites (tertiary alicyclic amines) is 1. The minimum atomic E-state index is -3.80. The summed E-state index contributed by atoms with van der Waals surface area (Å²) in [7, 11) is -3.80. The molecule has 8 heteroatoms. The van der Waals surface area contributed by atoms with Gasteiger partial charge < -0.3 is 10.2 Å². The third-order valence-electron chi connectivity index (χ3n) is 5.60. The highest BCUT2D eigenvalue weighted by molar-refractivity contribution is 7.92. The van der Waals surface area contributed by atoms with Crippen LogP contribution < -0.4 is 10.0 Å². The van der Waals surface area contributed by atoms with Gasteiger partial charge >= 0.3 is 0 Å². The molecule has 7 nitrogen and oxygen atoms in total. The van der Waals surface area contributed by atoms with Gasteiger partial charge in [-0.3, -0.25) is 14.3 Å². The highest BCUT2D eigenvalue weighted by Crippen LogP contribution is 2.24. The van der Waals surface area contributed by atoms with Crippen molar-refractivity contribution in [3.8, 4) is 0 Å². The van der Waals surface area contributed by atoms with E-state index in [1.807, 2.05) is 0 Å². The summed E-state index contributed by atoms with van der Waals surface area (Å²) >= 11 is 0. The summed E-state index contributed by atoms with van der Waals surface area (Å²) in [6.45, 7) is 3.18. The molecule has 0 radical (unpaired) electrons. The first-order chi connectivity index (χ1) is 15.8. The third-order valence-corrected chi connectivity index (χ3v) is 6.98. The van der Waals surface area contributed by atoms with E-state index in [-0.39, 0.29) is 16.4 Å². The van der Waals surface area contributed by atoms with Crippen molar-refractivity contribution in [1.82, 2.24) is 4.90 Å². The van der Waals surface area contributed by atoms with E-state index in [4.69, 9.17) is 0 Å². The van der Waals surface area contributed by atoms with Crippen molar-refractivity contribution in [2.24, 2.45) is 0 Å². The number of sulfonamides is 1. The number of nitrogens with one attached hydrogen (secondary N) is 2. The number of carbonyl (C=O) groups is 2. The SMILES string of the molecule is Cc1ccc(C(=O)Nc2ccccc2C(=O)N2CCCC2)cc1NS(=O)(=O)c1ccccc1. The number of para-hydroxylation sites is 1. The summed E-state index contributed by atoms with van der Waals surface area (Å²) in [5.41, 5.74) is 2.12. The molecule has 1 saturated heterocycles. The Balaban J connectivity index is 1.56. The molecular formula is C25H25N3O4S. The van der Waals surface area contributed by atoms with Crippen LogP contribution in [-0.4, -0.2) is 38.2 Å². The van der Waals surface area contributed by atoms with Gasteiger partial charge in [0, 0.05) is 18.7 Å². The molecule has 0 saturated carbocycles. The molecule has 2 N–H and O–H groups in total. The number of nitrogens with zero attached hydrogens (tertiary/aromatic N) is 1. The number of aryl methyl sites for hydroxylation is 1. The van der Waals surface area contributed by atoms with Crippen LogP contribution in [0.4, 0.5) is 11.4 Å². The summed E-state index contributed by atoms with van der Waals surface area (Å²) < 4.78 is 28.0. The molecule has 0 aliphatic carbocycles. The first-order valence-corrected chi connectivity index (χ1v) is 12.2. The van der Waals surface area contributed by atoms with E-state index in [0.29, 0.717) is 35.6 Å². The molecule has 3 aromatic rings. The Hall–Kier alpha value is -3.65. The predicted molar refractivity (Wildman–Crippen MR) is 128 cm³/mol. The summed E-state index contributed by atoms with van der Waals surface area (Å²) in [6, 6.07) is 19.7. The van der Waals surface area contributed by atoms with Gasteiger partial charge in [-0.2, -0.15) is 0 Å². The molecule has 4 rings (SSSR count). The largest absolute Gasteiger partial charge is 0.339 e. The van der Waals surface area contributed by atoms with Crippen LogP contribution in [0.15, 0.2) is 77.7 Å². The Bertz CT molecular complexity index is 1280. The van der Waals surface area contributed by atoms with Crippen LogP contribution in [0.5, 0.6) is 0 Å². The van der Waals surface area contributed by atoms with Crippen LogP contribution in [-0.2, 0) is 10.0 Å². The lowest BCUT2D eigenvalue weighted by atomic mass is 10.1. The van der Waals surface area contributed by atoms with E-state index >= 15 is 0 Å². The highest BCUT2D eigenvalue weighted by Gasteiger charge is 2.23. The fourth-order valence-electron chi connectivity index (χ4n) is 3.74. The van der Waals surface area contributed by atoms with E-state index in [1.54, 1.807) is 66.4 Å². The van der Waals surface area contributed by atoms with Crippen molar-refractivity contribution in [3.63, 3.8) is 0 Å². The van der Waals surface area contributed by atoms with Crippen LogP contribution >= 0.6 is 0 Å². The second-order valence-electron chi connectivity index (χ2n) is 7.95. The van der Waals surface area contributed by atoms with Crippen LogP contribution in [0.1, 0.15) is 39.1 Å². The van der Waals surface area contributed by atoms with Gasteiger partial charge in [0.05, 0.1) is 21.8 Å². The molecule has 33 heavy (non-hydrogen) atoms. The van der Waals surface area contributed by atoms with Crippen molar-refractivity contribution in [2.75, 3.05) is 23.1 Å². The zero-order valence-electron chi connectivity index (χ0n) is 18.2. The van der Waals surface area contributed by atoms with E-state index in [9.17, 15) is 18.0 Å².